The van der Waals surface area contributed by atoms with E-state index in [9.17, 15) is 0 Å². The molecule has 2 aromatic rings. The van der Waals surface area contributed by atoms with Gasteiger partial charge in [0.05, 0.1) is 25.9 Å². The van der Waals surface area contributed by atoms with Crippen molar-refractivity contribution in [3.8, 4) is 11.5 Å². The van der Waals surface area contributed by atoms with Gasteiger partial charge in [-0.15, -0.1) is 0 Å². The molecular formula is C17H20N2O2S. The molecule has 4 nitrogen and oxygen atoms in total. The second kappa shape index (κ2) is 7.66. The first kappa shape index (κ1) is 16.1. The molecule has 1 unspecified atom stereocenters. The molecule has 1 atom stereocenters. The highest BCUT2D eigenvalue weighted by atomic mass is 32.1. The van der Waals surface area contributed by atoms with Crippen molar-refractivity contribution in [2.45, 2.75) is 13.0 Å². The van der Waals surface area contributed by atoms with Crippen LogP contribution in [0.3, 0.4) is 0 Å². The van der Waals surface area contributed by atoms with Gasteiger partial charge < -0.3 is 20.1 Å². The monoisotopic (exact) mass is 316 g/mol. The summed E-state index contributed by atoms with van der Waals surface area (Å²) in [5.74, 6) is 1.41. The van der Waals surface area contributed by atoms with Crippen LogP contribution in [0, 0.1) is 0 Å². The van der Waals surface area contributed by atoms with Gasteiger partial charge >= 0.3 is 0 Å². The molecule has 0 spiro atoms. The smallest absolute Gasteiger partial charge is 0.171 e. The molecule has 0 bridgehead atoms. The molecule has 2 rings (SSSR count). The SMILES string of the molecule is COc1ccc(NC(=S)NC(C)c2ccccc2)c(OC)c1. The van der Waals surface area contributed by atoms with Crippen molar-refractivity contribution >= 4 is 23.0 Å². The second-order valence-electron chi connectivity index (χ2n) is 4.80. The number of nitrogens with one attached hydrogen (secondary N) is 2. The fourth-order valence-corrected chi connectivity index (χ4v) is 2.37. The molecule has 0 aliphatic carbocycles. The van der Waals surface area contributed by atoms with E-state index in [0.29, 0.717) is 10.9 Å². The van der Waals surface area contributed by atoms with Gasteiger partial charge in [0, 0.05) is 6.07 Å². The van der Waals surface area contributed by atoms with E-state index < -0.39 is 0 Å². The Morgan fingerprint density at radius 3 is 2.41 bits per heavy atom. The summed E-state index contributed by atoms with van der Waals surface area (Å²) in [5, 5.41) is 6.95. The van der Waals surface area contributed by atoms with E-state index in [1.807, 2.05) is 36.4 Å². The molecule has 0 saturated carbocycles. The lowest BCUT2D eigenvalue weighted by atomic mass is 10.1. The van der Waals surface area contributed by atoms with Crippen LogP contribution in [-0.4, -0.2) is 19.3 Å². The zero-order chi connectivity index (χ0) is 15.9. The average molecular weight is 316 g/mol. The molecule has 0 amide bonds. The molecule has 5 heteroatoms. The lowest BCUT2D eigenvalue weighted by molar-refractivity contribution is 0.395. The van der Waals surface area contributed by atoms with Gasteiger partial charge in [0.15, 0.2) is 5.11 Å². The maximum atomic E-state index is 5.37. The number of hydrogen-bond donors (Lipinski definition) is 2. The van der Waals surface area contributed by atoms with Crippen molar-refractivity contribution in [1.29, 1.82) is 0 Å². The Morgan fingerprint density at radius 2 is 1.77 bits per heavy atom. The summed E-state index contributed by atoms with van der Waals surface area (Å²) in [7, 11) is 3.23. The fraction of sp³-hybridized carbons (Fsp3) is 0.235. The van der Waals surface area contributed by atoms with Crippen LogP contribution in [0.15, 0.2) is 48.5 Å². The normalized spacial score (nSPS) is 11.4. The third kappa shape index (κ3) is 4.11. The van der Waals surface area contributed by atoms with Crippen LogP contribution in [0.25, 0.3) is 0 Å². The van der Waals surface area contributed by atoms with Gasteiger partial charge in [-0.1, -0.05) is 30.3 Å². The number of ether oxygens (including phenoxy) is 2. The van der Waals surface area contributed by atoms with E-state index in [1.54, 1.807) is 14.2 Å². The first-order chi connectivity index (χ1) is 10.6. The predicted molar refractivity (Wildman–Crippen MR) is 93.8 cm³/mol. The molecule has 2 N–H and O–H groups in total. The van der Waals surface area contributed by atoms with E-state index in [2.05, 4.69) is 29.7 Å². The van der Waals surface area contributed by atoms with Crippen molar-refractivity contribution in [2.24, 2.45) is 0 Å². The summed E-state index contributed by atoms with van der Waals surface area (Å²) < 4.78 is 10.5. The Balaban J connectivity index is 2.03. The lowest BCUT2D eigenvalue weighted by Crippen LogP contribution is -2.31. The van der Waals surface area contributed by atoms with Crippen molar-refractivity contribution in [3.63, 3.8) is 0 Å². The molecule has 22 heavy (non-hydrogen) atoms. The largest absolute Gasteiger partial charge is 0.497 e. The highest BCUT2D eigenvalue weighted by molar-refractivity contribution is 7.80. The topological polar surface area (TPSA) is 42.5 Å². The van der Waals surface area contributed by atoms with Crippen LogP contribution in [0.4, 0.5) is 5.69 Å². The van der Waals surface area contributed by atoms with E-state index in [0.717, 1.165) is 11.4 Å². The van der Waals surface area contributed by atoms with Gasteiger partial charge in [0.2, 0.25) is 0 Å². The summed E-state index contributed by atoms with van der Waals surface area (Å²) in [5.41, 5.74) is 1.97. The molecule has 0 saturated heterocycles. The first-order valence-electron chi connectivity index (χ1n) is 6.98. The van der Waals surface area contributed by atoms with Gasteiger partial charge in [-0.05, 0) is 36.8 Å². The lowest BCUT2D eigenvalue weighted by Gasteiger charge is -2.18. The van der Waals surface area contributed by atoms with Crippen LogP contribution in [0.1, 0.15) is 18.5 Å². The number of rotatable bonds is 5. The summed E-state index contributed by atoms with van der Waals surface area (Å²) in [4.78, 5) is 0. The van der Waals surface area contributed by atoms with E-state index in [4.69, 9.17) is 21.7 Å². The molecule has 2 aromatic carbocycles. The predicted octanol–water partition coefficient (Wildman–Crippen LogP) is 3.75. The summed E-state index contributed by atoms with van der Waals surface area (Å²) in [6, 6.07) is 15.8. The number of thiocarbonyl (C=S) groups is 1. The maximum absolute atomic E-state index is 5.37. The zero-order valence-corrected chi connectivity index (χ0v) is 13.7. The molecular weight excluding hydrogens is 296 g/mol. The van der Waals surface area contributed by atoms with Crippen molar-refractivity contribution < 1.29 is 9.47 Å². The Labute approximate surface area is 136 Å². The van der Waals surface area contributed by atoms with Crippen LogP contribution in [0.2, 0.25) is 0 Å². The molecule has 0 radical (unpaired) electrons. The highest BCUT2D eigenvalue weighted by Gasteiger charge is 2.09. The van der Waals surface area contributed by atoms with Gasteiger partial charge in [-0.3, -0.25) is 0 Å². The van der Waals surface area contributed by atoms with Gasteiger partial charge in [0.25, 0.3) is 0 Å². The van der Waals surface area contributed by atoms with E-state index in [-0.39, 0.29) is 6.04 Å². The van der Waals surface area contributed by atoms with Crippen molar-refractivity contribution in [3.05, 3.63) is 54.1 Å². The number of hydrogen-bond acceptors (Lipinski definition) is 3. The van der Waals surface area contributed by atoms with E-state index in [1.165, 1.54) is 5.56 Å². The van der Waals surface area contributed by atoms with Gasteiger partial charge in [-0.25, -0.2) is 0 Å². The molecule has 0 fully saturated rings. The summed E-state index contributed by atoms with van der Waals surface area (Å²) in [6.07, 6.45) is 0. The van der Waals surface area contributed by atoms with E-state index >= 15 is 0 Å². The Bertz CT molecular complexity index is 632. The minimum absolute atomic E-state index is 0.116. The standard InChI is InChI=1S/C17H20N2O2S/c1-12(13-7-5-4-6-8-13)18-17(22)19-15-10-9-14(20-2)11-16(15)21-3/h4-12H,1-3H3,(H2,18,19,22). The zero-order valence-electron chi connectivity index (χ0n) is 12.9. The van der Waals surface area contributed by atoms with Crippen LogP contribution < -0.4 is 20.1 Å². The van der Waals surface area contributed by atoms with Gasteiger partial charge in [0.1, 0.15) is 11.5 Å². The number of benzene rings is 2. The highest BCUT2D eigenvalue weighted by Crippen LogP contribution is 2.29. The minimum atomic E-state index is 0.116. The molecule has 0 aromatic heterocycles. The third-order valence-electron chi connectivity index (χ3n) is 3.30. The molecule has 116 valence electrons. The minimum Gasteiger partial charge on any atom is -0.497 e. The Kier molecular flexibility index (Phi) is 5.61. The van der Waals surface area contributed by atoms with Crippen molar-refractivity contribution in [2.75, 3.05) is 19.5 Å². The Morgan fingerprint density at radius 1 is 1.05 bits per heavy atom. The fourth-order valence-electron chi connectivity index (χ4n) is 2.08. The van der Waals surface area contributed by atoms with Crippen LogP contribution in [0.5, 0.6) is 11.5 Å². The number of anilines is 1. The van der Waals surface area contributed by atoms with Gasteiger partial charge in [-0.2, -0.15) is 0 Å². The third-order valence-corrected chi connectivity index (χ3v) is 3.52. The second-order valence-corrected chi connectivity index (χ2v) is 5.21. The quantitative estimate of drug-likeness (QED) is 0.822. The Hall–Kier alpha value is -2.27. The molecule has 0 heterocycles. The maximum Gasteiger partial charge on any atom is 0.171 e. The summed E-state index contributed by atoms with van der Waals surface area (Å²) >= 11 is 5.37. The molecule has 0 aliphatic rings. The van der Waals surface area contributed by atoms with Crippen LogP contribution >= 0.6 is 12.2 Å². The van der Waals surface area contributed by atoms with Crippen molar-refractivity contribution in [1.82, 2.24) is 5.32 Å². The van der Waals surface area contributed by atoms with Crippen LogP contribution in [-0.2, 0) is 0 Å². The molecule has 0 aliphatic heterocycles. The average Bonchev–Trinajstić information content (AvgIpc) is 2.55. The summed E-state index contributed by atoms with van der Waals surface area (Å²) in [6.45, 7) is 2.06. The first-order valence-corrected chi connectivity index (χ1v) is 7.39. The number of methoxy groups -OCH3 is 2.